The van der Waals surface area contributed by atoms with Crippen molar-refractivity contribution in [1.82, 2.24) is 0 Å². The van der Waals surface area contributed by atoms with E-state index in [-0.39, 0.29) is 19.0 Å². The van der Waals surface area contributed by atoms with E-state index in [4.69, 9.17) is 10.2 Å². The van der Waals surface area contributed by atoms with Gasteiger partial charge in [0.05, 0.1) is 18.6 Å². The van der Waals surface area contributed by atoms with E-state index in [2.05, 4.69) is 0 Å². The Balaban J connectivity index is 4.66. The first-order valence-electron chi connectivity index (χ1n) is 4.04. The maximum Gasteiger partial charge on any atom is 0.148 e. The van der Waals surface area contributed by atoms with Crippen LogP contribution in [0.2, 0.25) is 0 Å². The molecule has 12 heavy (non-hydrogen) atoms. The highest BCUT2D eigenvalue weighted by atomic mass is 16.3. The lowest BCUT2D eigenvalue weighted by molar-refractivity contribution is -0.140. The van der Waals surface area contributed by atoms with Crippen LogP contribution in [0.15, 0.2) is 0 Å². The normalized spacial score (nSPS) is 13.2. The zero-order valence-electron chi connectivity index (χ0n) is 8.22. The number of aliphatic hydroxyl groups excluding tert-OH is 2. The number of rotatable bonds is 3. The Hall–Kier alpha value is -0.410. The molecule has 0 unspecified atom stereocenters. The largest absolute Gasteiger partial charge is 0.395 e. The fourth-order valence-electron chi connectivity index (χ4n) is 1.10. The summed E-state index contributed by atoms with van der Waals surface area (Å²) in [5, 5.41) is 17.9. The van der Waals surface area contributed by atoms with Crippen LogP contribution < -0.4 is 0 Å². The van der Waals surface area contributed by atoms with Crippen LogP contribution in [0.1, 0.15) is 27.7 Å². The molecule has 0 aliphatic rings. The first kappa shape index (κ1) is 11.6. The van der Waals surface area contributed by atoms with Crippen LogP contribution in [0.4, 0.5) is 0 Å². The van der Waals surface area contributed by atoms with Gasteiger partial charge in [-0.25, -0.2) is 0 Å². The zero-order chi connectivity index (χ0) is 9.99. The Morgan fingerprint density at radius 3 is 1.50 bits per heavy atom. The second-order valence-corrected chi connectivity index (χ2v) is 4.46. The summed E-state index contributed by atoms with van der Waals surface area (Å²) < 4.78 is 0. The molecule has 0 spiro atoms. The second-order valence-electron chi connectivity index (χ2n) is 4.46. The van der Waals surface area contributed by atoms with Gasteiger partial charge in [0.15, 0.2) is 0 Å². The van der Waals surface area contributed by atoms with Crippen LogP contribution in [0, 0.1) is 10.8 Å². The molecule has 72 valence electrons. The Morgan fingerprint density at radius 1 is 1.08 bits per heavy atom. The molecular weight excluding hydrogens is 156 g/mol. The van der Waals surface area contributed by atoms with E-state index < -0.39 is 10.8 Å². The molecule has 0 aromatic rings. The molecule has 0 aromatic heterocycles. The van der Waals surface area contributed by atoms with Crippen LogP contribution in [0.5, 0.6) is 0 Å². The van der Waals surface area contributed by atoms with Crippen molar-refractivity contribution in [2.45, 2.75) is 27.7 Å². The van der Waals surface area contributed by atoms with Crippen LogP contribution in [-0.2, 0) is 4.79 Å². The zero-order valence-corrected chi connectivity index (χ0v) is 8.22. The number of aliphatic hydroxyl groups is 2. The molecular formula is C9H18O3. The highest BCUT2D eigenvalue weighted by Crippen LogP contribution is 2.28. The fraction of sp³-hybridized carbons (Fsp3) is 0.889. The molecule has 0 rings (SSSR count). The van der Waals surface area contributed by atoms with Gasteiger partial charge in [0.25, 0.3) is 0 Å². The molecule has 3 heteroatoms. The van der Waals surface area contributed by atoms with E-state index in [1.54, 1.807) is 27.7 Å². The molecule has 2 N–H and O–H groups in total. The van der Waals surface area contributed by atoms with Crippen molar-refractivity contribution < 1.29 is 15.0 Å². The number of hydrogen-bond donors (Lipinski definition) is 2. The van der Waals surface area contributed by atoms with E-state index in [0.29, 0.717) is 0 Å². The number of hydrogen-bond acceptors (Lipinski definition) is 3. The fourth-order valence-corrected chi connectivity index (χ4v) is 1.10. The summed E-state index contributed by atoms with van der Waals surface area (Å²) in [6.45, 7) is 6.29. The van der Waals surface area contributed by atoms with Crippen LogP contribution in [-0.4, -0.2) is 29.2 Å². The van der Waals surface area contributed by atoms with Gasteiger partial charge in [-0.15, -0.1) is 0 Å². The van der Waals surface area contributed by atoms with Crippen molar-refractivity contribution in [3.05, 3.63) is 0 Å². The predicted octanol–water partition coefficient (Wildman–Crippen LogP) is 0.593. The standard InChI is InChI=1S/C9H18O3/c1-8(2,3)7(12)9(4,5-10)6-11/h10-11H,5-6H2,1-4H3. The second kappa shape index (κ2) is 3.54. The van der Waals surface area contributed by atoms with Crippen molar-refractivity contribution in [3.63, 3.8) is 0 Å². The number of ketones is 1. The van der Waals surface area contributed by atoms with Gasteiger partial charge in [0.1, 0.15) is 5.78 Å². The van der Waals surface area contributed by atoms with Gasteiger partial charge >= 0.3 is 0 Å². The van der Waals surface area contributed by atoms with Gasteiger partial charge < -0.3 is 10.2 Å². The van der Waals surface area contributed by atoms with Crippen molar-refractivity contribution >= 4 is 5.78 Å². The Bertz CT molecular complexity index is 163. The van der Waals surface area contributed by atoms with E-state index in [9.17, 15) is 4.79 Å². The summed E-state index contributed by atoms with van der Waals surface area (Å²) in [5.74, 6) is -0.111. The van der Waals surface area contributed by atoms with Gasteiger partial charge in [0.2, 0.25) is 0 Å². The molecule has 0 aliphatic carbocycles. The molecule has 0 bridgehead atoms. The SMILES string of the molecule is CC(C)(C)C(=O)C(C)(CO)CO. The topological polar surface area (TPSA) is 57.5 Å². The lowest BCUT2D eigenvalue weighted by Crippen LogP contribution is -2.42. The first-order chi connectivity index (χ1) is 5.28. The molecule has 0 amide bonds. The minimum Gasteiger partial charge on any atom is -0.395 e. The predicted molar refractivity (Wildman–Crippen MR) is 46.7 cm³/mol. The Morgan fingerprint density at radius 2 is 1.42 bits per heavy atom. The molecule has 0 saturated heterocycles. The molecule has 0 atom stereocenters. The van der Waals surface area contributed by atoms with Gasteiger partial charge in [-0.2, -0.15) is 0 Å². The highest BCUT2D eigenvalue weighted by Gasteiger charge is 2.38. The minimum atomic E-state index is -1.00. The number of carbonyl (C=O) groups excluding carboxylic acids is 1. The van der Waals surface area contributed by atoms with Crippen molar-refractivity contribution in [3.8, 4) is 0 Å². The van der Waals surface area contributed by atoms with E-state index in [0.717, 1.165) is 0 Å². The monoisotopic (exact) mass is 174 g/mol. The van der Waals surface area contributed by atoms with Crippen molar-refractivity contribution in [2.75, 3.05) is 13.2 Å². The van der Waals surface area contributed by atoms with Gasteiger partial charge in [-0.3, -0.25) is 4.79 Å². The van der Waals surface area contributed by atoms with E-state index in [1.165, 1.54) is 0 Å². The smallest absolute Gasteiger partial charge is 0.148 e. The third kappa shape index (κ3) is 2.29. The van der Waals surface area contributed by atoms with Crippen LogP contribution in [0.25, 0.3) is 0 Å². The summed E-state index contributed by atoms with van der Waals surface area (Å²) >= 11 is 0. The minimum absolute atomic E-state index is 0.111. The van der Waals surface area contributed by atoms with Crippen molar-refractivity contribution in [2.24, 2.45) is 10.8 Å². The lowest BCUT2D eigenvalue weighted by Gasteiger charge is -2.30. The number of carbonyl (C=O) groups is 1. The van der Waals surface area contributed by atoms with E-state index >= 15 is 0 Å². The van der Waals surface area contributed by atoms with Gasteiger partial charge in [0, 0.05) is 5.41 Å². The molecule has 0 saturated carbocycles. The number of Topliss-reactive ketones (excluding diaryl/α,β-unsaturated/α-hetero) is 1. The summed E-state index contributed by atoms with van der Waals surface area (Å²) in [6.07, 6.45) is 0. The van der Waals surface area contributed by atoms with Gasteiger partial charge in [-0.05, 0) is 6.92 Å². The van der Waals surface area contributed by atoms with E-state index in [1.807, 2.05) is 0 Å². The molecule has 3 nitrogen and oxygen atoms in total. The summed E-state index contributed by atoms with van der Waals surface area (Å²) in [7, 11) is 0. The molecule has 0 radical (unpaired) electrons. The summed E-state index contributed by atoms with van der Waals surface area (Å²) in [6, 6.07) is 0. The molecule has 0 fully saturated rings. The highest BCUT2D eigenvalue weighted by molar-refractivity contribution is 5.89. The first-order valence-corrected chi connectivity index (χ1v) is 4.04. The maximum atomic E-state index is 11.6. The molecule has 0 heterocycles. The Labute approximate surface area is 73.4 Å². The van der Waals surface area contributed by atoms with Crippen molar-refractivity contribution in [1.29, 1.82) is 0 Å². The third-order valence-corrected chi connectivity index (χ3v) is 1.93. The molecule has 0 aliphatic heterocycles. The summed E-state index contributed by atoms with van der Waals surface area (Å²) in [5.41, 5.74) is -1.52. The third-order valence-electron chi connectivity index (χ3n) is 1.93. The summed E-state index contributed by atoms with van der Waals surface area (Å²) in [4.78, 5) is 11.6. The average molecular weight is 174 g/mol. The lowest BCUT2D eigenvalue weighted by atomic mass is 9.74. The van der Waals surface area contributed by atoms with Crippen LogP contribution in [0.3, 0.4) is 0 Å². The van der Waals surface area contributed by atoms with Gasteiger partial charge in [-0.1, -0.05) is 20.8 Å². The van der Waals surface area contributed by atoms with Crippen LogP contribution >= 0.6 is 0 Å². The maximum absolute atomic E-state index is 11.6. The Kier molecular flexibility index (Phi) is 3.42. The average Bonchev–Trinajstić information content (AvgIpc) is 2.00. The molecule has 0 aromatic carbocycles. The quantitative estimate of drug-likeness (QED) is 0.658.